The van der Waals surface area contributed by atoms with Crippen LogP contribution in [0.25, 0.3) is 10.1 Å². The van der Waals surface area contributed by atoms with Crippen LogP contribution in [0.1, 0.15) is 25.8 Å². The van der Waals surface area contributed by atoms with Gasteiger partial charge in [-0.15, -0.1) is 11.3 Å². The fourth-order valence-corrected chi connectivity index (χ4v) is 3.06. The van der Waals surface area contributed by atoms with Gasteiger partial charge in [0.15, 0.2) is 0 Å². The molecule has 0 spiro atoms. The molecule has 0 aliphatic rings. The molecule has 98 valence electrons. The summed E-state index contributed by atoms with van der Waals surface area (Å²) in [7, 11) is 0. The number of fused-ring (bicyclic) bond motifs is 1. The van der Waals surface area contributed by atoms with E-state index in [0.717, 1.165) is 19.5 Å². The van der Waals surface area contributed by atoms with Crippen LogP contribution in [0.2, 0.25) is 0 Å². The van der Waals surface area contributed by atoms with E-state index in [-0.39, 0.29) is 12.0 Å². The van der Waals surface area contributed by atoms with Crippen LogP contribution in [0, 0.1) is 5.41 Å². The number of nitrogens with one attached hydrogen (secondary N) is 1. The molecule has 0 saturated carbocycles. The molecule has 2 aromatic rings. The molecule has 1 aromatic carbocycles. The van der Waals surface area contributed by atoms with Crippen molar-refractivity contribution in [1.29, 1.82) is 0 Å². The maximum absolute atomic E-state index is 9.00. The normalized spacial score (nSPS) is 12.2. The molecule has 2 N–H and O–H groups in total. The highest BCUT2D eigenvalue weighted by atomic mass is 32.1. The number of aliphatic hydroxyl groups is 1. The van der Waals surface area contributed by atoms with Gasteiger partial charge >= 0.3 is 0 Å². The Bertz CT molecular complexity index is 504. The molecule has 0 atom stereocenters. The number of hydrogen-bond acceptors (Lipinski definition) is 3. The third-order valence-corrected chi connectivity index (χ3v) is 4.28. The van der Waals surface area contributed by atoms with Gasteiger partial charge in [0.05, 0.1) is 0 Å². The van der Waals surface area contributed by atoms with Crippen LogP contribution in [0.3, 0.4) is 0 Å². The molecule has 0 aliphatic carbocycles. The molecule has 2 rings (SSSR count). The second-order valence-corrected chi connectivity index (χ2v) is 6.41. The van der Waals surface area contributed by atoms with Crippen LogP contribution in [0.5, 0.6) is 0 Å². The lowest BCUT2D eigenvalue weighted by atomic mass is 9.90. The number of aliphatic hydroxyl groups excluding tert-OH is 1. The van der Waals surface area contributed by atoms with E-state index < -0.39 is 0 Å². The first-order valence-electron chi connectivity index (χ1n) is 6.39. The van der Waals surface area contributed by atoms with E-state index in [2.05, 4.69) is 48.8 Å². The monoisotopic (exact) mass is 263 g/mol. The Kier molecular flexibility index (Phi) is 4.38. The lowest BCUT2D eigenvalue weighted by Gasteiger charge is -2.23. The van der Waals surface area contributed by atoms with Crippen LogP contribution in [0.4, 0.5) is 0 Å². The number of rotatable bonds is 6. The van der Waals surface area contributed by atoms with Gasteiger partial charge in [-0.3, -0.25) is 0 Å². The molecule has 0 saturated heterocycles. The standard InChI is InChI=1S/C15H21NOS/c1-15(2,7-8-17)11-16-9-12-10-18-14-6-4-3-5-13(12)14/h3-6,10,16-17H,7-9,11H2,1-2H3. The minimum atomic E-state index is 0.153. The summed E-state index contributed by atoms with van der Waals surface area (Å²) in [6.45, 7) is 6.45. The van der Waals surface area contributed by atoms with Gasteiger partial charge in [-0.2, -0.15) is 0 Å². The van der Waals surface area contributed by atoms with E-state index in [9.17, 15) is 0 Å². The van der Waals surface area contributed by atoms with E-state index in [1.807, 2.05) is 0 Å². The third kappa shape index (κ3) is 3.31. The van der Waals surface area contributed by atoms with Gasteiger partial charge in [0.1, 0.15) is 0 Å². The Hall–Kier alpha value is -0.900. The fraction of sp³-hybridized carbons (Fsp3) is 0.467. The Labute approximate surface area is 113 Å². The van der Waals surface area contributed by atoms with Crippen molar-refractivity contribution < 1.29 is 5.11 Å². The van der Waals surface area contributed by atoms with Gasteiger partial charge in [0.25, 0.3) is 0 Å². The number of hydrogen-bond donors (Lipinski definition) is 2. The van der Waals surface area contributed by atoms with Crippen LogP contribution in [0.15, 0.2) is 29.6 Å². The molecule has 0 fully saturated rings. The fourth-order valence-electron chi connectivity index (χ4n) is 2.10. The molecule has 0 unspecified atom stereocenters. The molecule has 0 bridgehead atoms. The average molecular weight is 263 g/mol. The molecule has 2 nitrogen and oxygen atoms in total. The van der Waals surface area contributed by atoms with E-state index in [1.165, 1.54) is 15.6 Å². The van der Waals surface area contributed by atoms with Crippen molar-refractivity contribution in [1.82, 2.24) is 5.32 Å². The van der Waals surface area contributed by atoms with Gasteiger partial charge < -0.3 is 10.4 Å². The smallest absolute Gasteiger partial charge is 0.0436 e. The Morgan fingerprint density at radius 3 is 2.83 bits per heavy atom. The van der Waals surface area contributed by atoms with E-state index >= 15 is 0 Å². The number of thiophene rings is 1. The summed E-state index contributed by atoms with van der Waals surface area (Å²) >= 11 is 1.80. The summed E-state index contributed by atoms with van der Waals surface area (Å²) in [5.74, 6) is 0. The first kappa shape index (κ1) is 13.5. The quantitative estimate of drug-likeness (QED) is 0.837. The van der Waals surface area contributed by atoms with Crippen molar-refractivity contribution in [2.75, 3.05) is 13.2 Å². The summed E-state index contributed by atoms with van der Waals surface area (Å²) in [5, 5.41) is 16.1. The first-order valence-corrected chi connectivity index (χ1v) is 7.27. The van der Waals surface area contributed by atoms with Crippen molar-refractivity contribution >= 4 is 21.4 Å². The summed E-state index contributed by atoms with van der Waals surface area (Å²) in [6.07, 6.45) is 0.838. The summed E-state index contributed by atoms with van der Waals surface area (Å²) in [5.41, 5.74) is 1.52. The maximum atomic E-state index is 9.00. The van der Waals surface area contributed by atoms with Crippen molar-refractivity contribution in [2.45, 2.75) is 26.8 Å². The predicted molar refractivity (Wildman–Crippen MR) is 79.0 cm³/mol. The van der Waals surface area contributed by atoms with Crippen molar-refractivity contribution in [3.8, 4) is 0 Å². The third-order valence-electron chi connectivity index (χ3n) is 3.27. The van der Waals surface area contributed by atoms with E-state index in [0.29, 0.717) is 0 Å². The molecule has 0 amide bonds. The van der Waals surface area contributed by atoms with Gasteiger partial charge in [-0.05, 0) is 34.2 Å². The number of benzene rings is 1. The Morgan fingerprint density at radius 2 is 2.06 bits per heavy atom. The molecular formula is C15H21NOS. The van der Waals surface area contributed by atoms with Crippen molar-refractivity contribution in [3.63, 3.8) is 0 Å². The topological polar surface area (TPSA) is 32.3 Å². The highest BCUT2D eigenvalue weighted by Gasteiger charge is 2.16. The predicted octanol–water partition coefficient (Wildman–Crippen LogP) is 3.40. The second-order valence-electron chi connectivity index (χ2n) is 5.50. The Morgan fingerprint density at radius 1 is 1.28 bits per heavy atom. The minimum absolute atomic E-state index is 0.153. The molecule has 1 aromatic heterocycles. The van der Waals surface area contributed by atoms with Gasteiger partial charge in [0, 0.05) is 24.4 Å². The van der Waals surface area contributed by atoms with Crippen molar-refractivity contribution in [2.24, 2.45) is 5.41 Å². The molecule has 0 radical (unpaired) electrons. The van der Waals surface area contributed by atoms with Crippen LogP contribution >= 0.6 is 11.3 Å². The zero-order chi connectivity index (χ0) is 13.0. The summed E-state index contributed by atoms with van der Waals surface area (Å²) < 4.78 is 1.35. The highest BCUT2D eigenvalue weighted by molar-refractivity contribution is 7.17. The SMILES string of the molecule is CC(C)(CCO)CNCc1csc2ccccc12. The van der Waals surface area contributed by atoms with Crippen LogP contribution in [-0.2, 0) is 6.54 Å². The maximum Gasteiger partial charge on any atom is 0.0436 e. The lowest BCUT2D eigenvalue weighted by molar-refractivity contribution is 0.207. The van der Waals surface area contributed by atoms with Crippen LogP contribution in [-0.4, -0.2) is 18.3 Å². The highest BCUT2D eigenvalue weighted by Crippen LogP contribution is 2.25. The molecule has 1 heterocycles. The van der Waals surface area contributed by atoms with Gasteiger partial charge in [-0.1, -0.05) is 32.0 Å². The zero-order valence-electron chi connectivity index (χ0n) is 11.1. The van der Waals surface area contributed by atoms with Crippen molar-refractivity contribution in [3.05, 3.63) is 35.2 Å². The van der Waals surface area contributed by atoms with E-state index in [4.69, 9.17) is 5.11 Å². The molecule has 18 heavy (non-hydrogen) atoms. The average Bonchev–Trinajstić information content (AvgIpc) is 2.73. The summed E-state index contributed by atoms with van der Waals surface area (Å²) in [4.78, 5) is 0. The largest absolute Gasteiger partial charge is 0.396 e. The zero-order valence-corrected chi connectivity index (χ0v) is 11.9. The Balaban J connectivity index is 1.94. The first-order chi connectivity index (χ1) is 8.62. The molecule has 3 heteroatoms. The molecule has 0 aliphatic heterocycles. The second kappa shape index (κ2) is 5.83. The molecular weight excluding hydrogens is 242 g/mol. The summed E-state index contributed by atoms with van der Waals surface area (Å²) in [6, 6.07) is 8.52. The van der Waals surface area contributed by atoms with Gasteiger partial charge in [-0.25, -0.2) is 0 Å². The minimum Gasteiger partial charge on any atom is -0.396 e. The van der Waals surface area contributed by atoms with Gasteiger partial charge in [0.2, 0.25) is 0 Å². The van der Waals surface area contributed by atoms with Crippen LogP contribution < -0.4 is 5.32 Å². The van der Waals surface area contributed by atoms with E-state index in [1.54, 1.807) is 11.3 Å². The lowest BCUT2D eigenvalue weighted by Crippen LogP contribution is -2.29.